The molecule has 0 aliphatic carbocycles. The van der Waals surface area contributed by atoms with E-state index in [4.69, 9.17) is 22.1 Å². The van der Waals surface area contributed by atoms with E-state index in [1.165, 1.54) is 6.07 Å². The monoisotopic (exact) mass is 281 g/mol. The number of alkyl halides is 3. The fourth-order valence-electron chi connectivity index (χ4n) is 1.70. The molecule has 0 amide bonds. The van der Waals surface area contributed by atoms with Crippen LogP contribution in [0.25, 0.3) is 0 Å². The number of halogens is 3. The van der Waals surface area contributed by atoms with E-state index < -0.39 is 30.0 Å². The van der Waals surface area contributed by atoms with E-state index in [0.29, 0.717) is 4.57 Å². The van der Waals surface area contributed by atoms with Crippen LogP contribution in [0.15, 0.2) is 17.1 Å². The van der Waals surface area contributed by atoms with Crippen molar-refractivity contribution < 1.29 is 18.6 Å². The Morgan fingerprint density at radius 2 is 2.33 bits per heavy atom. The van der Waals surface area contributed by atoms with Gasteiger partial charge >= 0.3 is 11.6 Å². The van der Waals surface area contributed by atoms with Crippen LogP contribution in [-0.4, -0.2) is 38.7 Å². The van der Waals surface area contributed by atoms with Crippen LogP contribution in [0, 0.1) is 0 Å². The maximum absolute atomic E-state index is 13.8. The van der Waals surface area contributed by atoms with Gasteiger partial charge in [-0.15, -0.1) is 11.6 Å². The Hall–Kier alpha value is -1.25. The molecule has 0 spiro atoms. The molecule has 18 heavy (non-hydrogen) atoms. The summed E-state index contributed by atoms with van der Waals surface area (Å²) in [6.07, 6.45) is -4.25. The second kappa shape index (κ2) is 4.45. The smallest absolute Gasteiger partial charge is 0.351 e. The third-order valence-electron chi connectivity index (χ3n) is 2.64. The topological polar surface area (TPSA) is 90.4 Å². The van der Waals surface area contributed by atoms with Crippen molar-refractivity contribution >= 4 is 17.4 Å². The molecule has 0 aromatic carbocycles. The molecule has 3 atom stereocenters. The van der Waals surface area contributed by atoms with Crippen molar-refractivity contribution in [1.29, 1.82) is 0 Å². The first-order valence-electron chi connectivity index (χ1n) is 5.00. The first kappa shape index (κ1) is 13.2. The highest BCUT2D eigenvalue weighted by molar-refractivity contribution is 6.18. The second-order valence-electron chi connectivity index (χ2n) is 3.84. The molecule has 3 N–H and O–H groups in total. The molecule has 0 saturated carbocycles. The molecular weight excluding hydrogens is 272 g/mol. The number of rotatable bonds is 2. The van der Waals surface area contributed by atoms with E-state index in [-0.39, 0.29) is 11.7 Å². The van der Waals surface area contributed by atoms with Crippen molar-refractivity contribution in [1.82, 2.24) is 9.55 Å². The summed E-state index contributed by atoms with van der Waals surface area (Å²) in [5, 5.41) is 9.37. The van der Waals surface area contributed by atoms with Gasteiger partial charge in [0.15, 0.2) is 0 Å². The van der Waals surface area contributed by atoms with Gasteiger partial charge in [-0.2, -0.15) is 13.8 Å². The number of hydrogen-bond acceptors (Lipinski definition) is 5. The van der Waals surface area contributed by atoms with Crippen LogP contribution in [0.3, 0.4) is 0 Å². The summed E-state index contributed by atoms with van der Waals surface area (Å²) < 4.78 is 33.0. The molecule has 1 aliphatic heterocycles. The fraction of sp³-hybridized carbons (Fsp3) is 0.556. The average Bonchev–Trinajstić information content (AvgIpc) is 2.52. The van der Waals surface area contributed by atoms with Gasteiger partial charge < -0.3 is 15.6 Å². The van der Waals surface area contributed by atoms with Crippen molar-refractivity contribution in [3.8, 4) is 0 Å². The molecular formula is C9H10ClF2N3O3. The summed E-state index contributed by atoms with van der Waals surface area (Å²) in [5.74, 6) is -4.04. The summed E-state index contributed by atoms with van der Waals surface area (Å²) in [7, 11) is 0. The van der Waals surface area contributed by atoms with Gasteiger partial charge in [-0.05, 0) is 6.07 Å². The number of nitrogen functional groups attached to an aromatic ring is 1. The average molecular weight is 282 g/mol. The van der Waals surface area contributed by atoms with Crippen LogP contribution in [0.4, 0.5) is 14.6 Å². The van der Waals surface area contributed by atoms with Crippen LogP contribution in [0.2, 0.25) is 0 Å². The standard InChI is InChI=1S/C9H10ClF2N3O3/c10-3-4-6(16)9(11,12)7(18-4)15-2-1-5(13)14-8(15)17/h1-2,4,6-7,16H,3H2,(H2,13,14,17)/t4-,6-,7-/m1/s1. The molecule has 1 fully saturated rings. The lowest BCUT2D eigenvalue weighted by Crippen LogP contribution is -2.41. The highest BCUT2D eigenvalue weighted by atomic mass is 35.5. The first-order valence-corrected chi connectivity index (χ1v) is 5.53. The molecule has 1 saturated heterocycles. The van der Waals surface area contributed by atoms with E-state index >= 15 is 0 Å². The van der Waals surface area contributed by atoms with E-state index in [9.17, 15) is 18.7 Å². The number of nitrogens with two attached hydrogens (primary N) is 1. The lowest BCUT2D eigenvalue weighted by atomic mass is 10.1. The van der Waals surface area contributed by atoms with E-state index in [1.807, 2.05) is 0 Å². The maximum Gasteiger partial charge on any atom is 0.351 e. The van der Waals surface area contributed by atoms with Gasteiger partial charge in [-0.25, -0.2) is 4.79 Å². The molecule has 1 aromatic heterocycles. The molecule has 0 unspecified atom stereocenters. The number of anilines is 1. The molecule has 0 bridgehead atoms. The molecule has 100 valence electrons. The predicted molar refractivity (Wildman–Crippen MR) is 58.5 cm³/mol. The third-order valence-corrected chi connectivity index (χ3v) is 2.94. The summed E-state index contributed by atoms with van der Waals surface area (Å²) in [6.45, 7) is 0. The van der Waals surface area contributed by atoms with Gasteiger partial charge in [0.25, 0.3) is 0 Å². The first-order chi connectivity index (χ1) is 8.37. The third kappa shape index (κ3) is 1.96. The number of aliphatic hydroxyl groups excluding tert-OH is 1. The predicted octanol–water partition coefficient (Wildman–Crippen LogP) is -0.0421. The zero-order valence-electron chi connectivity index (χ0n) is 8.96. The van der Waals surface area contributed by atoms with E-state index in [0.717, 1.165) is 6.20 Å². The Morgan fingerprint density at radius 3 is 2.83 bits per heavy atom. The lowest BCUT2D eigenvalue weighted by molar-refractivity contribution is -0.140. The van der Waals surface area contributed by atoms with Crippen LogP contribution in [0.1, 0.15) is 6.23 Å². The van der Waals surface area contributed by atoms with Gasteiger partial charge in [0.05, 0.1) is 5.88 Å². The molecule has 0 radical (unpaired) electrons. The highest BCUT2D eigenvalue weighted by Gasteiger charge is 2.59. The van der Waals surface area contributed by atoms with Crippen LogP contribution in [-0.2, 0) is 4.74 Å². The Bertz CT molecular complexity index is 510. The summed E-state index contributed by atoms with van der Waals surface area (Å²) >= 11 is 5.41. The van der Waals surface area contributed by atoms with Crippen molar-refractivity contribution in [2.24, 2.45) is 0 Å². The quantitative estimate of drug-likeness (QED) is 0.742. The van der Waals surface area contributed by atoms with E-state index in [2.05, 4.69) is 4.98 Å². The van der Waals surface area contributed by atoms with Gasteiger partial charge in [0.1, 0.15) is 18.0 Å². The van der Waals surface area contributed by atoms with Crippen molar-refractivity contribution in [3.63, 3.8) is 0 Å². The van der Waals surface area contributed by atoms with Crippen LogP contribution >= 0.6 is 11.6 Å². The number of hydrogen-bond donors (Lipinski definition) is 2. The van der Waals surface area contributed by atoms with Gasteiger partial charge in [-0.1, -0.05) is 0 Å². The summed E-state index contributed by atoms with van der Waals surface area (Å²) in [4.78, 5) is 14.8. The highest BCUT2D eigenvalue weighted by Crippen LogP contribution is 2.42. The Balaban J connectivity index is 2.42. The molecule has 2 rings (SSSR count). The summed E-state index contributed by atoms with van der Waals surface area (Å²) in [6, 6.07) is 1.18. The van der Waals surface area contributed by atoms with Gasteiger partial charge in [-0.3, -0.25) is 4.57 Å². The fourth-order valence-corrected chi connectivity index (χ4v) is 1.94. The van der Waals surface area contributed by atoms with E-state index in [1.54, 1.807) is 0 Å². The molecule has 6 nitrogen and oxygen atoms in total. The second-order valence-corrected chi connectivity index (χ2v) is 4.15. The molecule has 1 aromatic rings. The SMILES string of the molecule is Nc1ccn([C@@H]2O[C@H](CCl)[C@@H](O)C2(F)F)c(=O)n1. The van der Waals surface area contributed by atoms with Crippen molar-refractivity contribution in [2.45, 2.75) is 24.4 Å². The molecule has 2 heterocycles. The van der Waals surface area contributed by atoms with Crippen LogP contribution in [0.5, 0.6) is 0 Å². The van der Waals surface area contributed by atoms with Crippen LogP contribution < -0.4 is 11.4 Å². The zero-order chi connectivity index (χ0) is 13.5. The number of ether oxygens (including phenoxy) is 1. The Morgan fingerprint density at radius 1 is 1.67 bits per heavy atom. The van der Waals surface area contributed by atoms with Crippen molar-refractivity contribution in [2.75, 3.05) is 11.6 Å². The minimum Gasteiger partial charge on any atom is -0.384 e. The Labute approximate surface area is 105 Å². The largest absolute Gasteiger partial charge is 0.384 e. The minimum atomic E-state index is -3.64. The molecule has 9 heteroatoms. The zero-order valence-corrected chi connectivity index (χ0v) is 9.72. The number of aliphatic hydroxyl groups is 1. The lowest BCUT2D eigenvalue weighted by Gasteiger charge is -2.20. The normalized spacial score (nSPS) is 30.6. The van der Waals surface area contributed by atoms with Gasteiger partial charge in [0.2, 0.25) is 6.23 Å². The number of aromatic nitrogens is 2. The van der Waals surface area contributed by atoms with Gasteiger partial charge in [0, 0.05) is 6.20 Å². The Kier molecular flexibility index (Phi) is 3.26. The molecule has 1 aliphatic rings. The number of nitrogens with zero attached hydrogens (tertiary/aromatic N) is 2. The summed E-state index contributed by atoms with van der Waals surface area (Å²) in [5.41, 5.74) is 4.27. The maximum atomic E-state index is 13.8. The van der Waals surface area contributed by atoms with Crippen molar-refractivity contribution in [3.05, 3.63) is 22.7 Å². The minimum absolute atomic E-state index is 0.0907.